The molecule has 1 aliphatic rings. The Morgan fingerprint density at radius 2 is 1.73 bits per heavy atom. The highest BCUT2D eigenvalue weighted by molar-refractivity contribution is 5.91. The molecule has 0 N–H and O–H groups in total. The topological polar surface area (TPSA) is 82.9 Å². The Morgan fingerprint density at radius 1 is 1.06 bits per heavy atom. The Kier molecular flexibility index (Phi) is 5.78. The molecule has 3 aromatic rings. The van der Waals surface area contributed by atoms with Crippen LogP contribution < -0.4 is 19.9 Å². The van der Waals surface area contributed by atoms with Crippen LogP contribution in [0.3, 0.4) is 0 Å². The van der Waals surface area contributed by atoms with Gasteiger partial charge in [-0.25, -0.2) is 9.48 Å². The zero-order valence-electron chi connectivity index (χ0n) is 19.9. The average Bonchev–Trinajstić information content (AvgIpc) is 3.18. The quantitative estimate of drug-likeness (QED) is 0.599. The standard InChI is InChI=1S/C25H29N3O5/c1-25(2,3)33-24(30)28-10-9-16-11-15(7-8-20(16)28)12-19-17-13-21(31-5)22(32-6)14-18(17)23(29)27(4)26-19/h7-8,11,13-14H,9-10,12H2,1-6H3. The summed E-state index contributed by atoms with van der Waals surface area (Å²) >= 11 is 0. The van der Waals surface area contributed by atoms with Crippen molar-refractivity contribution in [2.45, 2.75) is 39.2 Å². The van der Waals surface area contributed by atoms with Gasteiger partial charge in [-0.05, 0) is 56.5 Å². The smallest absolute Gasteiger partial charge is 0.414 e. The number of aromatic nitrogens is 2. The van der Waals surface area contributed by atoms with Crippen molar-refractivity contribution < 1.29 is 19.0 Å². The van der Waals surface area contributed by atoms with E-state index in [0.29, 0.717) is 29.9 Å². The van der Waals surface area contributed by atoms with E-state index in [9.17, 15) is 9.59 Å². The fourth-order valence-electron chi connectivity index (χ4n) is 4.15. The minimum atomic E-state index is -0.542. The number of benzene rings is 2. The molecule has 0 saturated heterocycles. The minimum absolute atomic E-state index is 0.198. The van der Waals surface area contributed by atoms with Crippen LogP contribution in [0.4, 0.5) is 10.5 Å². The van der Waals surface area contributed by atoms with Gasteiger partial charge in [-0.2, -0.15) is 5.10 Å². The van der Waals surface area contributed by atoms with E-state index in [1.165, 1.54) is 4.68 Å². The fraction of sp³-hybridized carbons (Fsp3) is 0.400. The highest BCUT2D eigenvalue weighted by Crippen LogP contribution is 2.34. The van der Waals surface area contributed by atoms with E-state index in [0.717, 1.165) is 34.3 Å². The summed E-state index contributed by atoms with van der Waals surface area (Å²) in [5, 5.41) is 5.78. The number of aryl methyl sites for hydroxylation is 1. The summed E-state index contributed by atoms with van der Waals surface area (Å²) in [4.78, 5) is 27.0. The lowest BCUT2D eigenvalue weighted by atomic mass is 10.0. The molecule has 0 bridgehead atoms. The van der Waals surface area contributed by atoms with Crippen LogP contribution >= 0.6 is 0 Å². The number of carbonyl (C=O) groups is 1. The zero-order valence-corrected chi connectivity index (χ0v) is 19.9. The minimum Gasteiger partial charge on any atom is -0.493 e. The predicted molar refractivity (Wildman–Crippen MR) is 127 cm³/mol. The van der Waals surface area contributed by atoms with Crippen LogP contribution in [0.1, 0.15) is 37.6 Å². The van der Waals surface area contributed by atoms with Crippen molar-refractivity contribution in [3.8, 4) is 11.5 Å². The van der Waals surface area contributed by atoms with Gasteiger partial charge >= 0.3 is 6.09 Å². The zero-order chi connectivity index (χ0) is 23.9. The average molecular weight is 452 g/mol. The van der Waals surface area contributed by atoms with Gasteiger partial charge in [-0.3, -0.25) is 9.69 Å². The molecule has 0 saturated carbocycles. The van der Waals surface area contributed by atoms with Crippen molar-refractivity contribution in [2.24, 2.45) is 7.05 Å². The monoisotopic (exact) mass is 451 g/mol. The molecule has 2 aromatic carbocycles. The van der Waals surface area contributed by atoms with Crippen molar-refractivity contribution in [1.82, 2.24) is 9.78 Å². The SMILES string of the molecule is COc1cc2c(Cc3ccc4c(c3)CCN4C(=O)OC(C)(C)C)nn(C)c(=O)c2cc1OC. The molecule has 8 nitrogen and oxygen atoms in total. The Labute approximate surface area is 192 Å². The Bertz CT molecular complexity index is 1290. The lowest BCUT2D eigenvalue weighted by Crippen LogP contribution is -2.35. The summed E-state index contributed by atoms with van der Waals surface area (Å²) in [5.74, 6) is 1.04. The molecule has 0 atom stereocenters. The fourth-order valence-corrected chi connectivity index (χ4v) is 4.15. The Balaban J connectivity index is 1.69. The van der Waals surface area contributed by atoms with Crippen LogP contribution in [0, 0.1) is 0 Å². The van der Waals surface area contributed by atoms with Gasteiger partial charge < -0.3 is 14.2 Å². The van der Waals surface area contributed by atoms with Gasteiger partial charge in [0.2, 0.25) is 0 Å². The molecule has 0 fully saturated rings. The second kappa shape index (κ2) is 8.42. The number of ether oxygens (including phenoxy) is 3. The maximum absolute atomic E-state index is 12.7. The number of carbonyl (C=O) groups excluding carboxylic acids is 1. The summed E-state index contributed by atoms with van der Waals surface area (Å²) in [7, 11) is 4.75. The van der Waals surface area contributed by atoms with Gasteiger partial charge in [0.25, 0.3) is 5.56 Å². The molecule has 0 aliphatic carbocycles. The number of hydrogen-bond acceptors (Lipinski definition) is 6. The summed E-state index contributed by atoms with van der Waals surface area (Å²) < 4.78 is 17.7. The van der Waals surface area contributed by atoms with Crippen LogP contribution in [0.2, 0.25) is 0 Å². The first-order chi connectivity index (χ1) is 15.6. The third-order valence-electron chi connectivity index (χ3n) is 5.65. The van der Waals surface area contributed by atoms with Gasteiger partial charge in [0, 0.05) is 25.4 Å². The van der Waals surface area contributed by atoms with E-state index in [2.05, 4.69) is 11.2 Å². The summed E-state index contributed by atoms with van der Waals surface area (Å²) in [6.07, 6.45) is 0.954. The highest BCUT2D eigenvalue weighted by Gasteiger charge is 2.29. The number of hydrogen-bond donors (Lipinski definition) is 0. The normalized spacial score (nSPS) is 13.2. The first-order valence-corrected chi connectivity index (χ1v) is 10.9. The van der Waals surface area contributed by atoms with Crippen molar-refractivity contribution in [2.75, 3.05) is 25.7 Å². The molecule has 1 aromatic heterocycles. The molecule has 8 heteroatoms. The first kappa shape index (κ1) is 22.6. The van der Waals surface area contributed by atoms with Crippen LogP contribution in [-0.4, -0.2) is 42.2 Å². The molecule has 1 amide bonds. The van der Waals surface area contributed by atoms with Gasteiger partial charge in [0.05, 0.1) is 31.0 Å². The van der Waals surface area contributed by atoms with E-state index in [4.69, 9.17) is 14.2 Å². The predicted octanol–water partition coefficient (Wildman–Crippen LogP) is 3.84. The van der Waals surface area contributed by atoms with Crippen LogP contribution in [0.5, 0.6) is 11.5 Å². The molecular formula is C25H29N3O5. The number of anilines is 1. The lowest BCUT2D eigenvalue weighted by molar-refractivity contribution is 0.0584. The number of methoxy groups -OCH3 is 2. The third kappa shape index (κ3) is 4.37. The third-order valence-corrected chi connectivity index (χ3v) is 5.65. The highest BCUT2D eigenvalue weighted by atomic mass is 16.6. The van der Waals surface area contributed by atoms with E-state index in [-0.39, 0.29) is 11.7 Å². The van der Waals surface area contributed by atoms with E-state index in [1.54, 1.807) is 38.3 Å². The van der Waals surface area contributed by atoms with E-state index >= 15 is 0 Å². The summed E-state index contributed by atoms with van der Waals surface area (Å²) in [6, 6.07) is 9.54. The van der Waals surface area contributed by atoms with Gasteiger partial charge in [0.1, 0.15) is 5.60 Å². The van der Waals surface area contributed by atoms with Crippen LogP contribution in [-0.2, 0) is 24.6 Å². The molecule has 33 heavy (non-hydrogen) atoms. The van der Waals surface area contributed by atoms with Crippen molar-refractivity contribution >= 4 is 22.6 Å². The number of fused-ring (bicyclic) bond motifs is 2. The van der Waals surface area contributed by atoms with Crippen molar-refractivity contribution in [3.63, 3.8) is 0 Å². The van der Waals surface area contributed by atoms with Crippen LogP contribution in [0.25, 0.3) is 10.8 Å². The second-order valence-corrected chi connectivity index (χ2v) is 9.15. The number of nitrogens with zero attached hydrogens (tertiary/aromatic N) is 3. The van der Waals surface area contributed by atoms with Gasteiger partial charge in [0.15, 0.2) is 11.5 Å². The first-order valence-electron chi connectivity index (χ1n) is 10.9. The molecule has 1 aliphatic heterocycles. The molecule has 174 valence electrons. The van der Waals surface area contributed by atoms with Crippen LogP contribution in [0.15, 0.2) is 35.1 Å². The molecule has 0 spiro atoms. The molecule has 0 radical (unpaired) electrons. The lowest BCUT2D eigenvalue weighted by Gasteiger charge is -2.24. The largest absolute Gasteiger partial charge is 0.493 e. The molecule has 2 heterocycles. The molecular weight excluding hydrogens is 422 g/mol. The second-order valence-electron chi connectivity index (χ2n) is 9.15. The van der Waals surface area contributed by atoms with Gasteiger partial charge in [-0.1, -0.05) is 12.1 Å². The van der Waals surface area contributed by atoms with E-state index in [1.807, 2.05) is 32.9 Å². The van der Waals surface area contributed by atoms with Crippen molar-refractivity contribution in [3.05, 3.63) is 57.5 Å². The summed E-state index contributed by atoms with van der Waals surface area (Å²) in [5.41, 5.74) is 3.03. The number of amides is 1. The molecule has 4 rings (SSSR count). The Morgan fingerprint density at radius 3 is 2.36 bits per heavy atom. The number of rotatable bonds is 4. The van der Waals surface area contributed by atoms with E-state index < -0.39 is 5.60 Å². The summed E-state index contributed by atoms with van der Waals surface area (Å²) in [6.45, 7) is 6.17. The maximum atomic E-state index is 12.7. The maximum Gasteiger partial charge on any atom is 0.414 e. The van der Waals surface area contributed by atoms with Gasteiger partial charge in [-0.15, -0.1) is 0 Å². The molecule has 0 unspecified atom stereocenters. The Hall–Kier alpha value is -3.55. The van der Waals surface area contributed by atoms with Crippen molar-refractivity contribution in [1.29, 1.82) is 0 Å².